The highest BCUT2D eigenvalue weighted by Gasteiger charge is 2.34. The predicted octanol–water partition coefficient (Wildman–Crippen LogP) is 9.93. The van der Waals surface area contributed by atoms with Crippen LogP contribution in [0.1, 0.15) is 190 Å². The van der Waals surface area contributed by atoms with Crippen molar-refractivity contribution in [2.75, 3.05) is 26.4 Å². The molecule has 2 fully saturated rings. The van der Waals surface area contributed by atoms with Gasteiger partial charge >= 0.3 is 5.09 Å². The fourth-order valence-corrected chi connectivity index (χ4v) is 9.79. The second-order valence-corrected chi connectivity index (χ2v) is 18.9. The van der Waals surface area contributed by atoms with Gasteiger partial charge in [-0.25, -0.2) is 0 Å². The molecule has 2 aliphatic carbocycles. The summed E-state index contributed by atoms with van der Waals surface area (Å²) in [5.41, 5.74) is 3.83. The van der Waals surface area contributed by atoms with Gasteiger partial charge in [0, 0.05) is 13.2 Å². The highest BCUT2D eigenvalue weighted by Crippen LogP contribution is 2.46. The fourth-order valence-electron chi connectivity index (χ4n) is 9.79. The Balaban J connectivity index is 1.05. The van der Waals surface area contributed by atoms with Gasteiger partial charge in [-0.05, 0) is 172 Å². The van der Waals surface area contributed by atoms with Crippen LogP contribution in [0.3, 0.4) is 0 Å². The van der Waals surface area contributed by atoms with Gasteiger partial charge in [0.2, 0.25) is 0 Å². The summed E-state index contributed by atoms with van der Waals surface area (Å²) in [4.78, 5) is 22.5. The molecule has 6 atom stereocenters. The SMILES string of the molecule is CC(C)(CCCCCCO[N+](=O)OCCCCCCC(C)(C)c1ccc([C@@H]2C[C@H](O)CC[C@H]2CCCO)c(O)c1)c1ccc([C@@H]2C[C@H](O)CC[C@H]2CCCO)c(O)c1. The predicted molar refractivity (Wildman–Crippen MR) is 229 cm³/mol. The van der Waals surface area contributed by atoms with Crippen molar-refractivity contribution in [3.63, 3.8) is 0 Å². The molecule has 2 saturated carbocycles. The molecule has 328 valence electrons. The maximum absolute atomic E-state index is 12.0. The van der Waals surface area contributed by atoms with Gasteiger partial charge in [0.05, 0.1) is 12.2 Å². The molecule has 0 aromatic heterocycles. The lowest BCUT2D eigenvalue weighted by atomic mass is 9.71. The Bertz CT molecular complexity index is 1400. The molecule has 0 amide bonds. The van der Waals surface area contributed by atoms with Crippen LogP contribution >= 0.6 is 0 Å². The van der Waals surface area contributed by atoms with Crippen molar-refractivity contribution in [2.45, 2.75) is 191 Å². The number of aromatic hydroxyl groups is 2. The minimum absolute atomic E-state index is 0.103. The van der Waals surface area contributed by atoms with Gasteiger partial charge in [-0.1, -0.05) is 77.6 Å². The summed E-state index contributed by atoms with van der Waals surface area (Å²) in [6.07, 6.45) is 16.8. The molecule has 2 aliphatic rings. The van der Waals surface area contributed by atoms with E-state index in [9.17, 15) is 35.5 Å². The van der Waals surface area contributed by atoms with Gasteiger partial charge in [-0.2, -0.15) is 9.68 Å². The minimum Gasteiger partial charge on any atom is -0.508 e. The van der Waals surface area contributed by atoms with Gasteiger partial charge in [0.15, 0.2) is 13.2 Å². The molecule has 2 aromatic rings. The molecule has 4 rings (SSSR count). The number of unbranched alkanes of at least 4 members (excludes halogenated alkanes) is 6. The summed E-state index contributed by atoms with van der Waals surface area (Å²) in [6.45, 7) is 9.81. The van der Waals surface area contributed by atoms with Crippen LogP contribution < -0.4 is 0 Å². The van der Waals surface area contributed by atoms with E-state index < -0.39 is 0 Å². The average molecular weight is 813 g/mol. The number of phenols is 2. The molecule has 58 heavy (non-hydrogen) atoms. The van der Waals surface area contributed by atoms with Crippen molar-refractivity contribution in [3.8, 4) is 11.5 Å². The molecular formula is C48H78NO9+. The van der Waals surface area contributed by atoms with E-state index in [4.69, 9.17) is 9.68 Å². The van der Waals surface area contributed by atoms with E-state index in [1.165, 1.54) is 0 Å². The van der Waals surface area contributed by atoms with Crippen LogP contribution in [0.25, 0.3) is 0 Å². The van der Waals surface area contributed by atoms with Crippen molar-refractivity contribution in [2.24, 2.45) is 11.8 Å². The van der Waals surface area contributed by atoms with Crippen LogP contribution in [-0.4, -0.2) is 74.4 Å². The van der Waals surface area contributed by atoms with E-state index in [1.807, 2.05) is 12.1 Å². The first-order chi connectivity index (χ1) is 27.8. The summed E-state index contributed by atoms with van der Waals surface area (Å²) in [7, 11) is 0. The Morgan fingerprint density at radius 3 is 1.36 bits per heavy atom. The molecule has 10 heteroatoms. The van der Waals surface area contributed by atoms with Crippen molar-refractivity contribution in [1.82, 2.24) is 0 Å². The number of aliphatic hydroxyl groups is 4. The monoisotopic (exact) mass is 813 g/mol. The molecule has 6 N–H and O–H groups in total. The summed E-state index contributed by atoms with van der Waals surface area (Å²) >= 11 is 0. The van der Waals surface area contributed by atoms with E-state index in [-0.39, 0.29) is 53.2 Å². The van der Waals surface area contributed by atoms with Gasteiger partial charge in [0.25, 0.3) is 0 Å². The summed E-state index contributed by atoms with van der Waals surface area (Å²) in [5.74, 6) is 1.55. The Labute approximate surface area is 348 Å². The Morgan fingerprint density at radius 2 is 0.983 bits per heavy atom. The maximum Gasteiger partial charge on any atom is 0.477 e. The lowest BCUT2D eigenvalue weighted by Crippen LogP contribution is -2.27. The zero-order chi connectivity index (χ0) is 42.1. The average Bonchev–Trinajstić information content (AvgIpc) is 3.19. The standard InChI is InChI=1S/C48H77NO9/c1-47(2,37-19-23-41(45(54)31-37)43-33-39(52)21-17-35(43)15-13-27-50)25-9-5-7-11-29-57-49(56)58-30-12-8-6-10-26-48(3,4)38-20-24-42(46(55)32-38)44-34-40(53)22-18-36(44)16-14-28-51/h19-20,23-24,31-32,35-36,39-40,43-44,50-53H,5-18,21-22,25-30,33-34H2,1-4H3,(H-,54,55)/p+1/t35-,36-,39-,40-,43-,44-/m1/s1. The lowest BCUT2D eigenvalue weighted by molar-refractivity contribution is -0.981. The number of rotatable bonds is 26. The summed E-state index contributed by atoms with van der Waals surface area (Å²) in [5, 5.41) is 61.8. The van der Waals surface area contributed by atoms with Crippen molar-refractivity contribution >= 4 is 0 Å². The van der Waals surface area contributed by atoms with Crippen LogP contribution in [-0.2, 0) is 20.5 Å². The number of phenolic OH excluding ortho intramolecular Hbond substituents is 2. The number of nitrogens with zero attached hydrogens (tertiary/aromatic N) is 1. The molecule has 10 nitrogen and oxygen atoms in total. The van der Waals surface area contributed by atoms with Crippen molar-refractivity contribution in [3.05, 3.63) is 63.6 Å². The molecule has 2 aromatic carbocycles. The van der Waals surface area contributed by atoms with E-state index in [0.717, 1.165) is 138 Å². The first-order valence-electron chi connectivity index (χ1n) is 22.7. The van der Waals surface area contributed by atoms with Gasteiger partial charge in [0.1, 0.15) is 16.4 Å². The zero-order valence-corrected chi connectivity index (χ0v) is 36.3. The fraction of sp³-hybridized carbons (Fsp3) is 0.750. The first kappa shape index (κ1) is 47.8. The third kappa shape index (κ3) is 14.7. The number of aliphatic hydroxyl groups excluding tert-OH is 4. The number of hydrogen-bond donors (Lipinski definition) is 6. The summed E-state index contributed by atoms with van der Waals surface area (Å²) < 4.78 is 0. The molecule has 0 heterocycles. The Hall–Kier alpha value is -2.92. The third-order valence-corrected chi connectivity index (χ3v) is 13.6. The van der Waals surface area contributed by atoms with Crippen molar-refractivity contribution in [1.29, 1.82) is 0 Å². The quantitative estimate of drug-likeness (QED) is 0.0402. The van der Waals surface area contributed by atoms with Gasteiger partial charge < -0.3 is 30.6 Å². The minimum atomic E-state index is -0.344. The molecule has 0 saturated heterocycles. The van der Waals surface area contributed by atoms with Crippen LogP contribution in [0.4, 0.5) is 0 Å². The lowest BCUT2D eigenvalue weighted by Gasteiger charge is -2.35. The first-order valence-corrected chi connectivity index (χ1v) is 22.7. The Morgan fingerprint density at radius 1 is 0.586 bits per heavy atom. The molecule has 0 unspecified atom stereocenters. The van der Waals surface area contributed by atoms with Crippen LogP contribution in [0.2, 0.25) is 0 Å². The number of hydrogen-bond acceptors (Lipinski definition) is 9. The highest BCUT2D eigenvalue weighted by atomic mass is 17.0. The highest BCUT2D eigenvalue weighted by molar-refractivity contribution is 5.43. The topological polar surface area (TPSA) is 160 Å². The second kappa shape index (κ2) is 23.8. The molecule has 0 radical (unpaired) electrons. The van der Waals surface area contributed by atoms with E-state index in [2.05, 4.69) is 52.0 Å². The van der Waals surface area contributed by atoms with Crippen LogP contribution in [0.5, 0.6) is 11.5 Å². The van der Waals surface area contributed by atoms with E-state index >= 15 is 0 Å². The molecule has 0 bridgehead atoms. The molecular weight excluding hydrogens is 735 g/mol. The van der Waals surface area contributed by atoms with E-state index in [1.54, 1.807) is 0 Å². The largest absolute Gasteiger partial charge is 0.508 e. The summed E-state index contributed by atoms with van der Waals surface area (Å²) in [6, 6.07) is 12.2. The van der Waals surface area contributed by atoms with Crippen molar-refractivity contribution < 1.29 is 45.4 Å². The molecule has 0 aliphatic heterocycles. The van der Waals surface area contributed by atoms with Gasteiger partial charge in [-0.3, -0.25) is 0 Å². The van der Waals surface area contributed by atoms with E-state index in [0.29, 0.717) is 49.4 Å². The van der Waals surface area contributed by atoms with Gasteiger partial charge in [-0.15, -0.1) is 0 Å². The smallest absolute Gasteiger partial charge is 0.477 e. The van der Waals surface area contributed by atoms with Crippen LogP contribution in [0.15, 0.2) is 36.4 Å². The maximum atomic E-state index is 12.0. The third-order valence-electron chi connectivity index (χ3n) is 13.6. The zero-order valence-electron chi connectivity index (χ0n) is 36.3. The normalized spacial score (nSPS) is 22.8. The Kier molecular flexibility index (Phi) is 19.6. The van der Waals surface area contributed by atoms with Crippen LogP contribution in [0, 0.1) is 16.7 Å². The number of benzene rings is 2. The molecule has 0 spiro atoms. The second-order valence-electron chi connectivity index (χ2n) is 18.9.